The fourth-order valence-corrected chi connectivity index (χ4v) is 3.47. The van der Waals surface area contributed by atoms with Crippen LogP contribution >= 0.6 is 34.8 Å². The van der Waals surface area contributed by atoms with Crippen LogP contribution in [0.3, 0.4) is 0 Å². The lowest BCUT2D eigenvalue weighted by Crippen LogP contribution is -2.03. The molecule has 0 radical (unpaired) electrons. The van der Waals surface area contributed by atoms with Crippen molar-refractivity contribution in [1.29, 1.82) is 0 Å². The van der Waals surface area contributed by atoms with Crippen LogP contribution in [0.5, 0.6) is 5.75 Å². The highest BCUT2D eigenvalue weighted by Gasteiger charge is 2.10. The van der Waals surface area contributed by atoms with Gasteiger partial charge in [0, 0.05) is 32.1 Å². The number of ether oxygens (including phenoxy) is 1. The van der Waals surface area contributed by atoms with Crippen LogP contribution in [0, 0.1) is 0 Å². The van der Waals surface area contributed by atoms with Crippen LogP contribution in [0.25, 0.3) is 22.1 Å². The Hall–Kier alpha value is -2.46. The van der Waals surface area contributed by atoms with E-state index in [0.717, 1.165) is 10.9 Å². The highest BCUT2D eigenvalue weighted by Crippen LogP contribution is 2.28. The van der Waals surface area contributed by atoms with E-state index >= 15 is 0 Å². The second-order valence-corrected chi connectivity index (χ2v) is 7.39. The summed E-state index contributed by atoms with van der Waals surface area (Å²) in [6, 6.07) is 19.4. The molecule has 0 saturated carbocycles. The Morgan fingerprint density at radius 1 is 0.857 bits per heavy atom. The van der Waals surface area contributed by atoms with Crippen LogP contribution in [-0.4, -0.2) is 0 Å². The van der Waals surface area contributed by atoms with Crippen molar-refractivity contribution >= 4 is 45.8 Å². The van der Waals surface area contributed by atoms with E-state index in [9.17, 15) is 4.79 Å². The first-order valence-corrected chi connectivity index (χ1v) is 9.54. The SMILES string of the molecule is O=c1oc2cc(OCc3c(Cl)cccc3Cl)ccc2cc1-c1ccc(Cl)cc1. The molecule has 3 nitrogen and oxygen atoms in total. The summed E-state index contributed by atoms with van der Waals surface area (Å²) < 4.78 is 11.3. The van der Waals surface area contributed by atoms with Gasteiger partial charge in [-0.15, -0.1) is 0 Å². The third kappa shape index (κ3) is 3.88. The predicted molar refractivity (Wildman–Crippen MR) is 114 cm³/mol. The highest BCUT2D eigenvalue weighted by molar-refractivity contribution is 6.36. The Morgan fingerprint density at radius 3 is 2.29 bits per heavy atom. The standard InChI is InChI=1S/C22H13Cl3O3/c23-15-7-4-13(5-8-15)17-10-14-6-9-16(11-21(14)28-22(17)26)27-12-18-19(24)2-1-3-20(18)25/h1-11H,12H2. The summed E-state index contributed by atoms with van der Waals surface area (Å²) in [7, 11) is 0. The highest BCUT2D eigenvalue weighted by atomic mass is 35.5. The topological polar surface area (TPSA) is 39.4 Å². The molecule has 0 atom stereocenters. The van der Waals surface area contributed by atoms with Crippen molar-refractivity contribution < 1.29 is 9.15 Å². The zero-order chi connectivity index (χ0) is 19.7. The first-order valence-electron chi connectivity index (χ1n) is 8.41. The Bertz CT molecular complexity index is 1190. The van der Waals surface area contributed by atoms with Crippen LogP contribution in [0.4, 0.5) is 0 Å². The monoisotopic (exact) mass is 430 g/mol. The molecule has 1 heterocycles. The number of hydrogen-bond donors (Lipinski definition) is 0. The van der Waals surface area contributed by atoms with Gasteiger partial charge in [0.2, 0.25) is 0 Å². The third-order valence-electron chi connectivity index (χ3n) is 4.31. The Morgan fingerprint density at radius 2 is 1.57 bits per heavy atom. The molecule has 0 saturated heterocycles. The van der Waals surface area contributed by atoms with Crippen LogP contribution < -0.4 is 10.4 Å². The quantitative estimate of drug-likeness (QED) is 0.327. The van der Waals surface area contributed by atoms with E-state index in [0.29, 0.717) is 37.5 Å². The molecule has 0 amide bonds. The van der Waals surface area contributed by atoms with Crippen molar-refractivity contribution in [2.45, 2.75) is 6.61 Å². The van der Waals surface area contributed by atoms with Crippen molar-refractivity contribution in [2.24, 2.45) is 0 Å². The minimum atomic E-state index is -0.430. The average molecular weight is 432 g/mol. The van der Waals surface area contributed by atoms with Crippen molar-refractivity contribution in [3.05, 3.63) is 97.8 Å². The van der Waals surface area contributed by atoms with Crippen molar-refractivity contribution in [1.82, 2.24) is 0 Å². The first kappa shape index (κ1) is 18.9. The van der Waals surface area contributed by atoms with Gasteiger partial charge in [0.25, 0.3) is 0 Å². The molecule has 0 aliphatic rings. The number of benzene rings is 3. The zero-order valence-electron chi connectivity index (χ0n) is 14.4. The number of rotatable bonds is 4. The van der Waals surface area contributed by atoms with Gasteiger partial charge in [-0.1, -0.05) is 53.0 Å². The molecule has 140 valence electrons. The van der Waals surface area contributed by atoms with Gasteiger partial charge in [-0.2, -0.15) is 0 Å². The Labute approximate surface area is 176 Å². The fraction of sp³-hybridized carbons (Fsp3) is 0.0455. The molecule has 3 aromatic carbocycles. The smallest absolute Gasteiger partial charge is 0.344 e. The van der Waals surface area contributed by atoms with Crippen LogP contribution in [0.1, 0.15) is 5.56 Å². The lowest BCUT2D eigenvalue weighted by Gasteiger charge is -2.10. The Balaban J connectivity index is 1.64. The molecule has 0 bridgehead atoms. The van der Waals surface area contributed by atoms with Crippen molar-refractivity contribution in [3.8, 4) is 16.9 Å². The zero-order valence-corrected chi connectivity index (χ0v) is 16.7. The van der Waals surface area contributed by atoms with E-state index in [1.165, 1.54) is 0 Å². The second kappa shape index (κ2) is 7.88. The molecular weight excluding hydrogens is 419 g/mol. The van der Waals surface area contributed by atoms with Crippen LogP contribution in [-0.2, 0) is 6.61 Å². The number of halogens is 3. The molecule has 28 heavy (non-hydrogen) atoms. The predicted octanol–water partition coefficient (Wildman–Crippen LogP) is 7.00. The number of hydrogen-bond acceptors (Lipinski definition) is 3. The Kier molecular flexibility index (Phi) is 5.31. The van der Waals surface area contributed by atoms with E-state index in [4.69, 9.17) is 44.0 Å². The van der Waals surface area contributed by atoms with Gasteiger partial charge in [-0.3, -0.25) is 0 Å². The number of fused-ring (bicyclic) bond motifs is 1. The minimum absolute atomic E-state index is 0.205. The van der Waals surface area contributed by atoms with Gasteiger partial charge in [-0.25, -0.2) is 4.79 Å². The molecular formula is C22H13Cl3O3. The largest absolute Gasteiger partial charge is 0.489 e. The summed E-state index contributed by atoms with van der Waals surface area (Å²) in [5.74, 6) is 0.547. The second-order valence-electron chi connectivity index (χ2n) is 6.14. The lowest BCUT2D eigenvalue weighted by atomic mass is 10.1. The molecule has 0 aliphatic heterocycles. The van der Waals surface area contributed by atoms with Gasteiger partial charge in [0.15, 0.2) is 0 Å². The summed E-state index contributed by atoms with van der Waals surface area (Å²) in [5.41, 5.74) is 1.92. The van der Waals surface area contributed by atoms with E-state index in [1.54, 1.807) is 60.7 Å². The fourth-order valence-electron chi connectivity index (χ4n) is 2.84. The molecule has 0 N–H and O–H groups in total. The normalized spacial score (nSPS) is 11.0. The van der Waals surface area contributed by atoms with E-state index in [1.807, 2.05) is 6.07 Å². The minimum Gasteiger partial charge on any atom is -0.489 e. The first-order chi connectivity index (χ1) is 13.5. The third-order valence-corrected chi connectivity index (χ3v) is 5.27. The van der Waals surface area contributed by atoms with Gasteiger partial charge in [-0.05, 0) is 48.0 Å². The summed E-state index contributed by atoms with van der Waals surface area (Å²) in [6.07, 6.45) is 0. The summed E-state index contributed by atoms with van der Waals surface area (Å²) in [6.45, 7) is 0.205. The maximum atomic E-state index is 12.4. The van der Waals surface area contributed by atoms with Crippen molar-refractivity contribution in [2.75, 3.05) is 0 Å². The van der Waals surface area contributed by atoms with E-state index < -0.39 is 5.63 Å². The van der Waals surface area contributed by atoms with Gasteiger partial charge >= 0.3 is 5.63 Å². The van der Waals surface area contributed by atoms with E-state index in [2.05, 4.69) is 0 Å². The molecule has 0 fully saturated rings. The molecule has 0 unspecified atom stereocenters. The average Bonchev–Trinajstić information content (AvgIpc) is 2.68. The van der Waals surface area contributed by atoms with Crippen molar-refractivity contribution in [3.63, 3.8) is 0 Å². The molecule has 4 rings (SSSR count). The van der Waals surface area contributed by atoms with Crippen LogP contribution in [0.2, 0.25) is 15.1 Å². The molecule has 4 aromatic rings. The lowest BCUT2D eigenvalue weighted by molar-refractivity contribution is 0.306. The molecule has 0 spiro atoms. The summed E-state index contributed by atoms with van der Waals surface area (Å²) in [4.78, 5) is 12.4. The van der Waals surface area contributed by atoms with E-state index in [-0.39, 0.29) is 6.61 Å². The van der Waals surface area contributed by atoms with Gasteiger partial charge in [0.1, 0.15) is 17.9 Å². The van der Waals surface area contributed by atoms with Gasteiger partial charge < -0.3 is 9.15 Å². The maximum absolute atomic E-state index is 12.4. The van der Waals surface area contributed by atoms with Crippen LogP contribution in [0.15, 0.2) is 75.9 Å². The summed E-state index contributed by atoms with van der Waals surface area (Å²) >= 11 is 18.2. The molecule has 6 heteroatoms. The molecule has 1 aromatic heterocycles. The van der Waals surface area contributed by atoms with Gasteiger partial charge in [0.05, 0.1) is 5.56 Å². The molecule has 0 aliphatic carbocycles. The summed E-state index contributed by atoms with van der Waals surface area (Å²) in [5, 5.41) is 2.46. The maximum Gasteiger partial charge on any atom is 0.344 e.